The van der Waals surface area contributed by atoms with Crippen molar-refractivity contribution in [2.75, 3.05) is 5.73 Å². The molecule has 9 heteroatoms. The molecule has 5 nitrogen and oxygen atoms in total. The van der Waals surface area contributed by atoms with Crippen molar-refractivity contribution in [2.45, 2.75) is 19.6 Å². The van der Waals surface area contributed by atoms with Crippen LogP contribution in [0, 0.1) is 6.92 Å². The molecule has 0 amide bonds. The fraction of sp³-hybridized carbons (Fsp3) is 0.375. The van der Waals surface area contributed by atoms with Crippen molar-refractivity contribution < 1.29 is 13.2 Å². The minimum Gasteiger partial charge on any atom is -0.374 e. The molecule has 0 aromatic carbocycles. The summed E-state index contributed by atoms with van der Waals surface area (Å²) < 4.78 is 37.6. The Bertz CT molecular complexity index is 529. The highest BCUT2D eigenvalue weighted by atomic mass is 32.1. The van der Waals surface area contributed by atoms with E-state index in [1.54, 1.807) is 6.92 Å². The van der Waals surface area contributed by atoms with Gasteiger partial charge in [0, 0.05) is 5.69 Å². The van der Waals surface area contributed by atoms with Crippen molar-refractivity contribution in [1.29, 1.82) is 0 Å². The molecular formula is C8H8F3N5S. The lowest BCUT2D eigenvalue weighted by Gasteiger charge is -2.07. The number of anilines is 1. The first kappa shape index (κ1) is 11.8. The summed E-state index contributed by atoms with van der Waals surface area (Å²) >= 11 is 1.08. The number of aromatic nitrogens is 4. The van der Waals surface area contributed by atoms with E-state index < -0.39 is 12.7 Å². The molecule has 2 rings (SSSR count). The van der Waals surface area contributed by atoms with Gasteiger partial charge in [0.15, 0.2) is 5.01 Å². The van der Waals surface area contributed by atoms with E-state index in [0.29, 0.717) is 16.4 Å². The Morgan fingerprint density at radius 2 is 2.12 bits per heavy atom. The molecule has 92 valence electrons. The molecule has 2 heterocycles. The summed E-state index contributed by atoms with van der Waals surface area (Å²) in [5, 5.41) is 11.8. The van der Waals surface area contributed by atoms with Crippen LogP contribution in [0.1, 0.15) is 5.69 Å². The van der Waals surface area contributed by atoms with E-state index in [-0.39, 0.29) is 5.13 Å². The molecule has 0 unspecified atom stereocenters. The van der Waals surface area contributed by atoms with Crippen LogP contribution in [0.3, 0.4) is 0 Å². The van der Waals surface area contributed by atoms with Gasteiger partial charge >= 0.3 is 6.18 Å². The highest BCUT2D eigenvalue weighted by Crippen LogP contribution is 2.25. The highest BCUT2D eigenvalue weighted by molar-refractivity contribution is 7.18. The third-order valence-electron chi connectivity index (χ3n) is 1.97. The number of rotatable bonds is 2. The van der Waals surface area contributed by atoms with Crippen LogP contribution in [-0.2, 0) is 6.54 Å². The number of alkyl halides is 3. The maximum atomic E-state index is 12.2. The van der Waals surface area contributed by atoms with E-state index in [4.69, 9.17) is 5.73 Å². The Morgan fingerprint density at radius 1 is 1.41 bits per heavy atom. The Hall–Kier alpha value is -1.64. The summed E-state index contributed by atoms with van der Waals surface area (Å²) in [6, 6.07) is 1.52. The van der Waals surface area contributed by atoms with Crippen LogP contribution < -0.4 is 5.73 Å². The standard InChI is InChI=1S/C8H8F3N5S/c1-4-2-5(6-13-14-7(12)17-6)15-16(4)3-8(9,10)11/h2H,3H2,1H3,(H2,12,14). The SMILES string of the molecule is Cc1cc(-c2nnc(N)s2)nn1CC(F)(F)F. The van der Waals surface area contributed by atoms with Gasteiger partial charge in [-0.15, -0.1) is 10.2 Å². The number of hydrogen-bond acceptors (Lipinski definition) is 5. The average molecular weight is 263 g/mol. The molecule has 17 heavy (non-hydrogen) atoms. The molecule has 2 aromatic rings. The second-order valence-corrected chi connectivity index (χ2v) is 4.40. The second-order valence-electron chi connectivity index (χ2n) is 3.39. The predicted octanol–water partition coefficient (Wildman–Crippen LogP) is 1.85. The zero-order chi connectivity index (χ0) is 12.6. The van der Waals surface area contributed by atoms with Crippen molar-refractivity contribution in [2.24, 2.45) is 0 Å². The smallest absolute Gasteiger partial charge is 0.374 e. The topological polar surface area (TPSA) is 69.6 Å². The molecule has 0 saturated heterocycles. The van der Waals surface area contributed by atoms with E-state index in [1.165, 1.54) is 6.07 Å². The van der Waals surface area contributed by atoms with Gasteiger partial charge in [-0.1, -0.05) is 11.3 Å². The third kappa shape index (κ3) is 2.73. The van der Waals surface area contributed by atoms with Gasteiger partial charge in [0.25, 0.3) is 0 Å². The predicted molar refractivity (Wildman–Crippen MR) is 56.3 cm³/mol. The quantitative estimate of drug-likeness (QED) is 0.897. The molecule has 2 aromatic heterocycles. The molecule has 0 aliphatic rings. The van der Waals surface area contributed by atoms with E-state index in [0.717, 1.165) is 16.0 Å². The lowest BCUT2D eigenvalue weighted by Crippen LogP contribution is -2.19. The van der Waals surface area contributed by atoms with Gasteiger partial charge in [-0.05, 0) is 13.0 Å². The van der Waals surface area contributed by atoms with Gasteiger partial charge in [-0.2, -0.15) is 18.3 Å². The second kappa shape index (κ2) is 3.99. The Labute approximate surface area is 98.1 Å². The summed E-state index contributed by atoms with van der Waals surface area (Å²) in [5.41, 5.74) is 6.15. The fourth-order valence-corrected chi connectivity index (χ4v) is 1.85. The molecule has 0 fully saturated rings. The molecule has 2 N–H and O–H groups in total. The number of aryl methyl sites for hydroxylation is 1. The monoisotopic (exact) mass is 263 g/mol. The van der Waals surface area contributed by atoms with Crippen LogP contribution in [-0.4, -0.2) is 26.2 Å². The molecule has 0 bridgehead atoms. The molecule has 0 aliphatic heterocycles. The van der Waals surface area contributed by atoms with Crippen LogP contribution in [0.5, 0.6) is 0 Å². The first-order valence-electron chi connectivity index (χ1n) is 4.56. The zero-order valence-electron chi connectivity index (χ0n) is 8.69. The Morgan fingerprint density at radius 3 is 2.65 bits per heavy atom. The maximum Gasteiger partial charge on any atom is 0.408 e. The summed E-state index contributed by atoms with van der Waals surface area (Å²) in [6.45, 7) is 0.430. The molecule has 0 saturated carbocycles. The van der Waals surface area contributed by atoms with Crippen LogP contribution in [0.25, 0.3) is 10.7 Å². The largest absolute Gasteiger partial charge is 0.408 e. The van der Waals surface area contributed by atoms with Crippen molar-refractivity contribution in [1.82, 2.24) is 20.0 Å². The van der Waals surface area contributed by atoms with Gasteiger partial charge in [-0.25, -0.2) is 0 Å². The number of halogens is 3. The van der Waals surface area contributed by atoms with Crippen LogP contribution in [0.4, 0.5) is 18.3 Å². The Kier molecular flexibility index (Phi) is 2.77. The fourth-order valence-electron chi connectivity index (χ4n) is 1.28. The van der Waals surface area contributed by atoms with Gasteiger partial charge < -0.3 is 5.73 Å². The van der Waals surface area contributed by atoms with Crippen LogP contribution in [0.2, 0.25) is 0 Å². The minimum atomic E-state index is -4.30. The van der Waals surface area contributed by atoms with Crippen molar-refractivity contribution in [3.05, 3.63) is 11.8 Å². The van der Waals surface area contributed by atoms with Gasteiger partial charge in [-0.3, -0.25) is 4.68 Å². The minimum absolute atomic E-state index is 0.253. The number of nitrogens with zero attached hydrogens (tertiary/aromatic N) is 4. The summed E-state index contributed by atoms with van der Waals surface area (Å²) in [5.74, 6) is 0. The number of hydrogen-bond donors (Lipinski definition) is 1. The van der Waals surface area contributed by atoms with E-state index in [1.807, 2.05) is 0 Å². The first-order chi connectivity index (χ1) is 7.85. The summed E-state index contributed by atoms with van der Waals surface area (Å²) in [7, 11) is 0. The van der Waals surface area contributed by atoms with Crippen LogP contribution >= 0.6 is 11.3 Å². The van der Waals surface area contributed by atoms with Crippen LogP contribution in [0.15, 0.2) is 6.07 Å². The van der Waals surface area contributed by atoms with Crippen molar-refractivity contribution >= 4 is 16.5 Å². The lowest BCUT2D eigenvalue weighted by molar-refractivity contribution is -0.142. The molecule has 0 radical (unpaired) electrons. The zero-order valence-corrected chi connectivity index (χ0v) is 9.51. The molecule has 0 aliphatic carbocycles. The third-order valence-corrected chi connectivity index (χ3v) is 2.74. The van der Waals surface area contributed by atoms with Crippen molar-refractivity contribution in [3.63, 3.8) is 0 Å². The summed E-state index contributed by atoms with van der Waals surface area (Å²) in [6.07, 6.45) is -4.30. The Balaban J connectivity index is 2.30. The first-order valence-corrected chi connectivity index (χ1v) is 5.37. The molecule has 0 atom stereocenters. The van der Waals surface area contributed by atoms with E-state index in [9.17, 15) is 13.2 Å². The van der Waals surface area contributed by atoms with Gasteiger partial charge in [0.1, 0.15) is 12.2 Å². The average Bonchev–Trinajstić information content (AvgIpc) is 2.72. The van der Waals surface area contributed by atoms with E-state index >= 15 is 0 Å². The number of nitrogen functional groups attached to an aromatic ring is 1. The highest BCUT2D eigenvalue weighted by Gasteiger charge is 2.29. The lowest BCUT2D eigenvalue weighted by atomic mass is 10.4. The molecule has 0 spiro atoms. The van der Waals surface area contributed by atoms with Gasteiger partial charge in [0.05, 0.1) is 0 Å². The molecular weight excluding hydrogens is 255 g/mol. The van der Waals surface area contributed by atoms with Gasteiger partial charge in [0.2, 0.25) is 5.13 Å². The number of nitrogens with two attached hydrogens (primary N) is 1. The van der Waals surface area contributed by atoms with Crippen molar-refractivity contribution in [3.8, 4) is 10.7 Å². The van der Waals surface area contributed by atoms with E-state index in [2.05, 4.69) is 15.3 Å². The summed E-state index contributed by atoms with van der Waals surface area (Å²) in [4.78, 5) is 0. The maximum absolute atomic E-state index is 12.2. The normalized spacial score (nSPS) is 12.0.